The monoisotopic (exact) mass is 287 g/mol. The smallest absolute Gasteiger partial charge is 0.259 e. The highest BCUT2D eigenvalue weighted by atomic mass is 16.5. The van der Waals surface area contributed by atoms with Crippen LogP contribution >= 0.6 is 0 Å². The van der Waals surface area contributed by atoms with Crippen LogP contribution in [-0.4, -0.2) is 25.8 Å². The topological polar surface area (TPSA) is 75.9 Å². The van der Waals surface area contributed by atoms with Gasteiger partial charge in [-0.05, 0) is 31.2 Å². The molecule has 1 aromatic carbocycles. The van der Waals surface area contributed by atoms with Crippen LogP contribution in [0.3, 0.4) is 0 Å². The van der Waals surface area contributed by atoms with Crippen LogP contribution in [0.25, 0.3) is 0 Å². The molecular weight excluding hydrogens is 270 g/mol. The van der Waals surface area contributed by atoms with E-state index in [0.29, 0.717) is 11.5 Å². The van der Waals surface area contributed by atoms with Crippen LogP contribution in [0, 0.1) is 6.92 Å². The third kappa shape index (κ3) is 4.38. The number of anilines is 1. The normalized spacial score (nSPS) is 10.6. The summed E-state index contributed by atoms with van der Waals surface area (Å²) in [4.78, 5) is 11.7. The number of hydrogen-bond acceptors (Lipinski definition) is 5. The van der Waals surface area contributed by atoms with Crippen LogP contribution in [-0.2, 0) is 4.79 Å². The Labute approximate surface area is 122 Å². The van der Waals surface area contributed by atoms with Gasteiger partial charge >= 0.3 is 0 Å². The quantitative estimate of drug-likeness (QED) is 0.630. The Hall–Kier alpha value is -2.76. The molecule has 1 aromatic heterocycles. The van der Waals surface area contributed by atoms with Crippen LogP contribution in [0.1, 0.15) is 11.5 Å². The number of rotatable bonds is 6. The molecular formula is C15H17N3O3. The van der Waals surface area contributed by atoms with Gasteiger partial charge in [0.15, 0.2) is 0 Å². The Bertz CT molecular complexity index is 635. The molecule has 110 valence electrons. The molecule has 21 heavy (non-hydrogen) atoms. The molecule has 2 N–H and O–H groups in total. The van der Waals surface area contributed by atoms with Crippen molar-refractivity contribution in [3.8, 4) is 5.75 Å². The van der Waals surface area contributed by atoms with Gasteiger partial charge in [-0.2, -0.15) is 5.10 Å². The Kier molecular flexibility index (Phi) is 4.98. The fourth-order valence-electron chi connectivity index (χ4n) is 1.70. The molecule has 0 aliphatic carbocycles. The molecule has 2 aromatic rings. The SMILES string of the molecule is COc1ccccc1NCC(=O)N/N=C/c1ccc(C)o1. The standard InChI is InChI=1S/C15H17N3O3/c1-11-7-8-12(21-11)9-17-18-15(19)10-16-13-5-3-4-6-14(13)20-2/h3-9,16H,10H2,1-2H3,(H,18,19)/b17-9+. The lowest BCUT2D eigenvalue weighted by Gasteiger charge is -2.09. The minimum absolute atomic E-state index is 0.0922. The molecule has 0 spiro atoms. The van der Waals surface area contributed by atoms with Gasteiger partial charge in [-0.15, -0.1) is 0 Å². The van der Waals surface area contributed by atoms with Gasteiger partial charge in [-0.1, -0.05) is 12.1 Å². The molecule has 1 heterocycles. The van der Waals surface area contributed by atoms with Gasteiger partial charge in [0.1, 0.15) is 17.3 Å². The third-order valence-corrected chi connectivity index (χ3v) is 2.69. The molecule has 0 bridgehead atoms. The lowest BCUT2D eigenvalue weighted by atomic mass is 10.3. The number of ether oxygens (including phenoxy) is 1. The molecule has 0 radical (unpaired) electrons. The Balaban J connectivity index is 1.81. The number of carbonyl (C=O) groups is 1. The third-order valence-electron chi connectivity index (χ3n) is 2.69. The average molecular weight is 287 g/mol. The number of furan rings is 1. The predicted octanol–water partition coefficient (Wildman–Crippen LogP) is 2.16. The molecule has 0 saturated carbocycles. The van der Waals surface area contributed by atoms with Crippen LogP contribution in [0.15, 0.2) is 45.9 Å². The molecule has 0 unspecified atom stereocenters. The van der Waals surface area contributed by atoms with Crippen LogP contribution in [0.4, 0.5) is 5.69 Å². The summed E-state index contributed by atoms with van der Waals surface area (Å²) < 4.78 is 10.5. The molecule has 0 fully saturated rings. The van der Waals surface area contributed by atoms with E-state index in [9.17, 15) is 4.79 Å². The zero-order valence-corrected chi connectivity index (χ0v) is 11.9. The largest absolute Gasteiger partial charge is 0.495 e. The molecule has 0 aliphatic heterocycles. The fourth-order valence-corrected chi connectivity index (χ4v) is 1.70. The van der Waals surface area contributed by atoms with E-state index >= 15 is 0 Å². The van der Waals surface area contributed by atoms with Gasteiger partial charge < -0.3 is 14.5 Å². The highest BCUT2D eigenvalue weighted by Crippen LogP contribution is 2.22. The van der Waals surface area contributed by atoms with Gasteiger partial charge in [-0.3, -0.25) is 4.79 Å². The molecule has 0 atom stereocenters. The van der Waals surface area contributed by atoms with Crippen LogP contribution in [0.5, 0.6) is 5.75 Å². The highest BCUT2D eigenvalue weighted by molar-refractivity contribution is 5.83. The van der Waals surface area contributed by atoms with E-state index in [-0.39, 0.29) is 12.5 Å². The van der Waals surface area contributed by atoms with E-state index in [1.807, 2.05) is 37.3 Å². The predicted molar refractivity (Wildman–Crippen MR) is 80.7 cm³/mol. The number of nitrogens with zero attached hydrogens (tertiary/aromatic N) is 1. The lowest BCUT2D eigenvalue weighted by Crippen LogP contribution is -2.26. The first-order chi connectivity index (χ1) is 10.2. The van der Waals surface area contributed by atoms with Crippen molar-refractivity contribution in [2.75, 3.05) is 19.0 Å². The Morgan fingerprint density at radius 2 is 2.14 bits per heavy atom. The van der Waals surface area contributed by atoms with Gasteiger partial charge in [0.05, 0.1) is 25.6 Å². The molecule has 2 rings (SSSR count). The van der Waals surface area contributed by atoms with E-state index in [4.69, 9.17) is 9.15 Å². The summed E-state index contributed by atoms with van der Waals surface area (Å²) in [6, 6.07) is 11.0. The molecule has 6 nitrogen and oxygen atoms in total. The minimum atomic E-state index is -0.263. The van der Waals surface area contributed by atoms with Gasteiger partial charge in [-0.25, -0.2) is 5.43 Å². The number of hydrazone groups is 1. The second-order valence-electron chi connectivity index (χ2n) is 4.30. The van der Waals surface area contributed by atoms with E-state index in [0.717, 1.165) is 11.4 Å². The first kappa shape index (κ1) is 14.6. The van der Waals surface area contributed by atoms with E-state index < -0.39 is 0 Å². The van der Waals surface area contributed by atoms with Crippen molar-refractivity contribution >= 4 is 17.8 Å². The number of hydrogen-bond donors (Lipinski definition) is 2. The van der Waals surface area contributed by atoms with Gasteiger partial charge in [0, 0.05) is 0 Å². The first-order valence-electron chi connectivity index (χ1n) is 6.44. The van der Waals surface area contributed by atoms with Crippen molar-refractivity contribution in [1.82, 2.24) is 5.43 Å². The van der Waals surface area contributed by atoms with Crippen molar-refractivity contribution in [3.63, 3.8) is 0 Å². The summed E-state index contributed by atoms with van der Waals surface area (Å²) >= 11 is 0. The summed E-state index contributed by atoms with van der Waals surface area (Å²) in [5, 5.41) is 6.80. The zero-order chi connectivity index (χ0) is 15.1. The molecule has 0 aliphatic rings. The maximum atomic E-state index is 11.7. The number of benzene rings is 1. The maximum Gasteiger partial charge on any atom is 0.259 e. The van der Waals surface area contributed by atoms with E-state index in [1.54, 1.807) is 13.2 Å². The average Bonchev–Trinajstić information content (AvgIpc) is 2.91. The number of amides is 1. The maximum absolute atomic E-state index is 11.7. The fraction of sp³-hybridized carbons (Fsp3) is 0.200. The highest BCUT2D eigenvalue weighted by Gasteiger charge is 2.03. The lowest BCUT2D eigenvalue weighted by molar-refractivity contribution is -0.119. The van der Waals surface area contributed by atoms with E-state index in [2.05, 4.69) is 15.8 Å². The number of aryl methyl sites for hydroxylation is 1. The van der Waals surface area contributed by atoms with E-state index in [1.165, 1.54) is 6.21 Å². The summed E-state index contributed by atoms with van der Waals surface area (Å²) in [6.45, 7) is 1.93. The number of carbonyl (C=O) groups excluding carboxylic acids is 1. The number of para-hydroxylation sites is 2. The van der Waals surface area contributed by atoms with Crippen molar-refractivity contribution in [2.45, 2.75) is 6.92 Å². The summed E-state index contributed by atoms with van der Waals surface area (Å²) in [5.41, 5.74) is 3.17. The second-order valence-corrected chi connectivity index (χ2v) is 4.30. The second kappa shape index (κ2) is 7.14. The molecule has 0 saturated heterocycles. The molecule has 1 amide bonds. The summed E-state index contributed by atoms with van der Waals surface area (Å²) in [7, 11) is 1.58. The van der Waals surface area contributed by atoms with Crippen molar-refractivity contribution in [1.29, 1.82) is 0 Å². The summed E-state index contributed by atoms with van der Waals surface area (Å²) in [5.74, 6) is 1.80. The van der Waals surface area contributed by atoms with Crippen molar-refractivity contribution in [2.24, 2.45) is 5.10 Å². The minimum Gasteiger partial charge on any atom is -0.495 e. The summed E-state index contributed by atoms with van der Waals surface area (Å²) in [6.07, 6.45) is 1.45. The zero-order valence-electron chi connectivity index (χ0n) is 11.9. The Morgan fingerprint density at radius 3 is 2.86 bits per heavy atom. The van der Waals surface area contributed by atoms with Crippen molar-refractivity contribution in [3.05, 3.63) is 47.9 Å². The number of nitrogens with one attached hydrogen (secondary N) is 2. The van der Waals surface area contributed by atoms with Gasteiger partial charge in [0.2, 0.25) is 0 Å². The van der Waals surface area contributed by atoms with Crippen molar-refractivity contribution < 1.29 is 13.9 Å². The van der Waals surface area contributed by atoms with Crippen LogP contribution < -0.4 is 15.5 Å². The van der Waals surface area contributed by atoms with Crippen LogP contribution in [0.2, 0.25) is 0 Å². The Morgan fingerprint density at radius 1 is 1.33 bits per heavy atom. The number of methoxy groups -OCH3 is 1. The molecule has 6 heteroatoms. The first-order valence-corrected chi connectivity index (χ1v) is 6.44. The van der Waals surface area contributed by atoms with Gasteiger partial charge in [0.25, 0.3) is 5.91 Å².